The summed E-state index contributed by atoms with van der Waals surface area (Å²) in [4.78, 5) is 45.1. The molecule has 2 fully saturated rings. The molecule has 0 atom stereocenters. The van der Waals surface area contributed by atoms with Crippen LogP contribution in [0.25, 0.3) is 5.57 Å². The van der Waals surface area contributed by atoms with Crippen LogP contribution in [0.1, 0.15) is 99.5 Å². The number of rotatable bonds is 8. The van der Waals surface area contributed by atoms with Gasteiger partial charge in [-0.2, -0.15) is 0 Å². The smallest absolute Gasteiger partial charge is 0.431 e. The highest BCUT2D eigenvalue weighted by atomic mass is 35.5. The maximum absolute atomic E-state index is 14.2. The first-order valence-electron chi connectivity index (χ1n) is 14.6. The van der Waals surface area contributed by atoms with Crippen LogP contribution in [0.2, 0.25) is 0 Å². The summed E-state index contributed by atoms with van der Waals surface area (Å²) in [5.74, 6) is 0.156. The summed E-state index contributed by atoms with van der Waals surface area (Å²) in [6.07, 6.45) is 10.9. The number of carbonyl (C=O) groups is 3. The van der Waals surface area contributed by atoms with Gasteiger partial charge in [0.25, 0.3) is 0 Å². The van der Waals surface area contributed by atoms with Gasteiger partial charge in [0.2, 0.25) is 12.7 Å². The van der Waals surface area contributed by atoms with E-state index in [0.717, 1.165) is 75.8 Å². The lowest BCUT2D eigenvalue weighted by molar-refractivity contribution is -0.124. The third-order valence-electron chi connectivity index (χ3n) is 8.12. The highest BCUT2D eigenvalue weighted by Crippen LogP contribution is 2.41. The summed E-state index contributed by atoms with van der Waals surface area (Å²) in [6.45, 7) is 6.96. The third kappa shape index (κ3) is 8.46. The Morgan fingerprint density at radius 2 is 1.75 bits per heavy atom. The Morgan fingerprint density at radius 3 is 2.38 bits per heavy atom. The summed E-state index contributed by atoms with van der Waals surface area (Å²) in [6, 6.07) is 2.06. The third-order valence-corrected chi connectivity index (χ3v) is 9.30. The molecule has 3 aliphatic rings. The zero-order valence-electron chi connectivity index (χ0n) is 24.3. The minimum absolute atomic E-state index is 0. The van der Waals surface area contributed by atoms with Gasteiger partial charge in [0.05, 0.1) is 11.8 Å². The van der Waals surface area contributed by atoms with Gasteiger partial charge in [-0.25, -0.2) is 9.59 Å². The van der Waals surface area contributed by atoms with Crippen LogP contribution >= 0.6 is 23.7 Å². The molecule has 1 aliphatic heterocycles. The molecule has 4 rings (SSSR count). The zero-order valence-corrected chi connectivity index (χ0v) is 25.9. The molecule has 0 radical (unpaired) electrons. The fourth-order valence-electron chi connectivity index (χ4n) is 5.80. The van der Waals surface area contributed by atoms with Gasteiger partial charge in [0.1, 0.15) is 4.88 Å². The van der Waals surface area contributed by atoms with Crippen LogP contribution in [0.4, 0.5) is 10.5 Å². The van der Waals surface area contributed by atoms with E-state index in [9.17, 15) is 14.4 Å². The number of hydrogen-bond donors (Lipinski definition) is 0. The predicted octanol–water partition coefficient (Wildman–Crippen LogP) is 7.06. The van der Waals surface area contributed by atoms with Gasteiger partial charge < -0.3 is 24.0 Å². The lowest BCUT2D eigenvalue weighted by Crippen LogP contribution is -2.49. The van der Waals surface area contributed by atoms with Crippen LogP contribution in [-0.4, -0.2) is 62.0 Å². The molecule has 1 amide bonds. The first kappa shape index (κ1) is 32.4. The maximum Gasteiger partial charge on any atom is 0.511 e. The first-order chi connectivity index (χ1) is 18.7. The minimum atomic E-state index is -0.882. The van der Waals surface area contributed by atoms with Gasteiger partial charge in [-0.3, -0.25) is 4.79 Å². The SMILES string of the molecule is CC1CCC(C(=O)N(c2cc(C3=CCCCC3)sc2C(=O)OCOC(=O)OC(C)C)C2CCN(C)CC2)CC1.Cl. The fourth-order valence-corrected chi connectivity index (χ4v) is 6.91. The number of piperidine rings is 1. The number of thiophene rings is 1. The monoisotopic (exact) mass is 596 g/mol. The highest BCUT2D eigenvalue weighted by molar-refractivity contribution is 7.15. The largest absolute Gasteiger partial charge is 0.511 e. The number of carbonyl (C=O) groups excluding carboxylic acids is 3. The van der Waals surface area contributed by atoms with Gasteiger partial charge in [-0.15, -0.1) is 23.7 Å². The summed E-state index contributed by atoms with van der Waals surface area (Å²) in [5, 5.41) is 0. The summed E-state index contributed by atoms with van der Waals surface area (Å²) in [7, 11) is 2.11. The average Bonchev–Trinajstić information content (AvgIpc) is 3.35. The second kappa shape index (κ2) is 15.2. The highest BCUT2D eigenvalue weighted by Gasteiger charge is 2.37. The van der Waals surface area contributed by atoms with Crippen molar-refractivity contribution in [3.63, 3.8) is 0 Å². The van der Waals surface area contributed by atoms with Crippen molar-refractivity contribution in [2.45, 2.75) is 97.1 Å². The number of likely N-dealkylation sites (tertiary alicyclic amines) is 1. The lowest BCUT2D eigenvalue weighted by Gasteiger charge is -2.40. The minimum Gasteiger partial charge on any atom is -0.431 e. The Hall–Kier alpha value is -2.10. The molecule has 0 aromatic carbocycles. The van der Waals surface area contributed by atoms with Crippen molar-refractivity contribution < 1.29 is 28.6 Å². The number of nitrogens with zero attached hydrogens (tertiary/aromatic N) is 2. The number of ether oxygens (including phenoxy) is 3. The number of anilines is 1. The van der Waals surface area contributed by atoms with Crippen LogP contribution < -0.4 is 4.90 Å². The van der Waals surface area contributed by atoms with Gasteiger partial charge >= 0.3 is 12.1 Å². The molecule has 1 saturated heterocycles. The quantitative estimate of drug-likeness (QED) is 0.235. The molecule has 0 N–H and O–H groups in total. The molecule has 40 heavy (non-hydrogen) atoms. The van der Waals surface area contributed by atoms with Crippen molar-refractivity contribution in [2.75, 3.05) is 31.8 Å². The van der Waals surface area contributed by atoms with E-state index in [1.165, 1.54) is 23.3 Å². The average molecular weight is 597 g/mol. The standard InChI is InChI=1S/C30H44N2O6S.ClH/c1-20(2)38-30(35)37-19-36-29(34)27-25(18-26(39-27)22-8-6-5-7-9-22)32(24-14-16-31(4)17-15-24)28(33)23-12-10-21(3)11-13-23;/h8,18,20-21,23-24H,5-7,9-17,19H2,1-4H3;1H. The van der Waals surface area contributed by atoms with Crippen LogP contribution in [0.15, 0.2) is 12.1 Å². The Kier molecular flexibility index (Phi) is 12.3. The first-order valence-corrected chi connectivity index (χ1v) is 15.4. The molecule has 10 heteroatoms. The number of allylic oxidation sites excluding steroid dienone is 2. The van der Waals surface area contributed by atoms with Crippen molar-refractivity contribution in [1.29, 1.82) is 0 Å². The Labute approximate surface area is 248 Å². The molecule has 0 spiro atoms. The molecular formula is C30H45ClN2O6S. The van der Waals surface area contributed by atoms with E-state index in [1.54, 1.807) is 13.8 Å². The Bertz CT molecular complexity index is 1040. The predicted molar refractivity (Wildman–Crippen MR) is 160 cm³/mol. The van der Waals surface area contributed by atoms with E-state index < -0.39 is 18.9 Å². The van der Waals surface area contributed by atoms with Crippen molar-refractivity contribution in [3.8, 4) is 0 Å². The van der Waals surface area contributed by atoms with Gasteiger partial charge in [-0.05, 0) is 116 Å². The molecule has 2 aliphatic carbocycles. The molecule has 1 aromatic rings. The summed E-state index contributed by atoms with van der Waals surface area (Å²) in [5.41, 5.74) is 1.87. The van der Waals surface area contributed by atoms with Crippen molar-refractivity contribution in [1.82, 2.24) is 4.90 Å². The topological polar surface area (TPSA) is 85.4 Å². The van der Waals surface area contributed by atoms with Gasteiger partial charge in [0, 0.05) is 16.8 Å². The van der Waals surface area contributed by atoms with Crippen LogP contribution in [-0.2, 0) is 19.0 Å². The molecule has 1 aromatic heterocycles. The van der Waals surface area contributed by atoms with Crippen LogP contribution in [0, 0.1) is 11.8 Å². The lowest BCUT2D eigenvalue weighted by atomic mass is 9.82. The van der Waals surface area contributed by atoms with E-state index in [1.807, 2.05) is 11.0 Å². The second-order valence-electron chi connectivity index (χ2n) is 11.6. The molecule has 8 nitrogen and oxygen atoms in total. The molecule has 0 bridgehead atoms. The van der Waals surface area contributed by atoms with Crippen molar-refractivity contribution >= 4 is 53.0 Å². The van der Waals surface area contributed by atoms with Crippen molar-refractivity contribution in [2.24, 2.45) is 11.8 Å². The van der Waals surface area contributed by atoms with E-state index in [4.69, 9.17) is 14.2 Å². The fraction of sp³-hybridized carbons (Fsp3) is 0.700. The van der Waals surface area contributed by atoms with E-state index in [2.05, 4.69) is 24.9 Å². The maximum atomic E-state index is 14.2. The van der Waals surface area contributed by atoms with Gasteiger partial charge in [-0.1, -0.05) is 13.0 Å². The molecule has 2 heterocycles. The van der Waals surface area contributed by atoms with Gasteiger partial charge in [0.15, 0.2) is 0 Å². The van der Waals surface area contributed by atoms with Crippen molar-refractivity contribution in [3.05, 3.63) is 21.9 Å². The molecular weight excluding hydrogens is 552 g/mol. The normalized spacial score (nSPS) is 22.2. The molecule has 0 unspecified atom stereocenters. The number of amides is 1. The van der Waals surface area contributed by atoms with E-state index in [-0.39, 0.29) is 36.4 Å². The summed E-state index contributed by atoms with van der Waals surface area (Å²) >= 11 is 1.38. The number of halogens is 1. The number of esters is 1. The Balaban J connectivity index is 0.00000441. The molecule has 1 saturated carbocycles. The zero-order chi connectivity index (χ0) is 27.9. The van der Waals surface area contributed by atoms with E-state index >= 15 is 0 Å². The second-order valence-corrected chi connectivity index (χ2v) is 12.7. The van der Waals surface area contributed by atoms with E-state index in [0.29, 0.717) is 16.5 Å². The number of hydrogen-bond acceptors (Lipinski definition) is 8. The molecule has 224 valence electrons. The van der Waals surface area contributed by atoms with Crippen LogP contribution in [0.5, 0.6) is 0 Å². The van der Waals surface area contributed by atoms with Crippen LogP contribution in [0.3, 0.4) is 0 Å². The Morgan fingerprint density at radius 1 is 1.05 bits per heavy atom. The summed E-state index contributed by atoms with van der Waals surface area (Å²) < 4.78 is 15.3.